The first kappa shape index (κ1) is 90.5. The Bertz CT molecular complexity index is 1900. The van der Waals surface area contributed by atoms with Gasteiger partial charge >= 0.3 is 39.5 Å². The van der Waals surface area contributed by atoms with Crippen molar-refractivity contribution in [3.8, 4) is 0 Å². The first-order valence-corrected chi connectivity index (χ1v) is 40.8. The van der Waals surface area contributed by atoms with Crippen LogP contribution >= 0.6 is 15.6 Å². The molecule has 0 aliphatic rings. The van der Waals surface area contributed by atoms with Crippen molar-refractivity contribution in [1.29, 1.82) is 0 Å². The standard InChI is InChI=1S/C74H140O17P2/c1-7-10-12-14-16-18-19-20-21-25-28-33-39-45-51-57-72(77)85-63-70(90-73(78)58-52-46-40-34-29-26-23-22-24-27-32-37-43-49-55-67(6)9-3)65-89-93(82,83)87-61-68(75)60-86-92(80,81)88-64-69(62-84-71(76)56-50-44-38-17-15-13-11-8-2)91-74(79)59-53-47-41-35-30-31-36-42-48-54-66(4)5/h18-21,66-70,75H,7-17,22-65H2,1-6H3,(H,80,81)(H,82,83)/b19-18-,21-20-/t67?,68-,69+,70+/m0/s1. The number of phosphoric acid groups is 2. The maximum atomic E-state index is 13.1. The molecule has 548 valence electrons. The van der Waals surface area contributed by atoms with Crippen LogP contribution < -0.4 is 0 Å². The molecule has 0 spiro atoms. The van der Waals surface area contributed by atoms with Gasteiger partial charge in [0.05, 0.1) is 26.4 Å². The SMILES string of the molecule is CCCCCC/C=C\C=C/CCCCCCCC(=O)OC[C@H](COP(=O)(O)OC[C@@H](O)COP(=O)(O)OC[C@@H](COC(=O)CCCCCCCCCC)OC(=O)CCCCCCCCCCCC(C)C)OC(=O)CCCCCCCCCCCCCCCCC(C)CC. The lowest BCUT2D eigenvalue weighted by Crippen LogP contribution is -2.30. The van der Waals surface area contributed by atoms with Gasteiger partial charge in [0, 0.05) is 25.7 Å². The van der Waals surface area contributed by atoms with E-state index in [2.05, 4.69) is 65.8 Å². The highest BCUT2D eigenvalue weighted by atomic mass is 31.2. The minimum absolute atomic E-state index is 0.101. The third kappa shape index (κ3) is 66.6. The number of rotatable bonds is 71. The summed E-state index contributed by atoms with van der Waals surface area (Å²) in [4.78, 5) is 72.6. The average Bonchev–Trinajstić information content (AvgIpc) is 3.72. The van der Waals surface area contributed by atoms with Crippen LogP contribution in [0.4, 0.5) is 0 Å². The van der Waals surface area contributed by atoms with Crippen LogP contribution in [0.15, 0.2) is 24.3 Å². The van der Waals surface area contributed by atoms with Crippen molar-refractivity contribution in [2.45, 2.75) is 374 Å². The number of hydrogen-bond acceptors (Lipinski definition) is 15. The molecular formula is C74H140O17P2. The number of phosphoric ester groups is 2. The zero-order chi connectivity index (χ0) is 68.6. The number of carbonyl (C=O) groups is 4. The summed E-state index contributed by atoms with van der Waals surface area (Å²) in [7, 11) is -9.92. The lowest BCUT2D eigenvalue weighted by Gasteiger charge is -2.21. The van der Waals surface area contributed by atoms with Gasteiger partial charge in [0.15, 0.2) is 12.2 Å². The van der Waals surface area contributed by atoms with E-state index in [-0.39, 0.29) is 25.7 Å². The van der Waals surface area contributed by atoms with Gasteiger partial charge in [0.25, 0.3) is 0 Å². The van der Waals surface area contributed by atoms with Gasteiger partial charge < -0.3 is 33.8 Å². The molecule has 3 N–H and O–H groups in total. The van der Waals surface area contributed by atoms with Crippen LogP contribution in [0, 0.1) is 11.8 Å². The molecule has 0 saturated heterocycles. The third-order valence-corrected chi connectivity index (χ3v) is 18.8. The van der Waals surface area contributed by atoms with E-state index in [1.807, 2.05) is 0 Å². The average molecular weight is 1360 g/mol. The zero-order valence-electron chi connectivity index (χ0n) is 60.0. The van der Waals surface area contributed by atoms with Gasteiger partial charge in [-0.15, -0.1) is 0 Å². The Balaban J connectivity index is 5.26. The molecule has 0 aliphatic carbocycles. The maximum Gasteiger partial charge on any atom is 0.472 e. The van der Waals surface area contributed by atoms with E-state index >= 15 is 0 Å². The second-order valence-corrected chi connectivity index (χ2v) is 29.6. The fourth-order valence-corrected chi connectivity index (χ4v) is 12.3. The molecule has 17 nitrogen and oxygen atoms in total. The number of aliphatic hydroxyl groups is 1. The van der Waals surface area contributed by atoms with Crippen molar-refractivity contribution in [2.24, 2.45) is 11.8 Å². The number of aliphatic hydroxyl groups excluding tert-OH is 1. The molecule has 6 atom stereocenters. The molecule has 0 amide bonds. The first-order chi connectivity index (χ1) is 44.9. The summed E-state index contributed by atoms with van der Waals surface area (Å²) in [6.45, 7) is 9.51. The fraction of sp³-hybridized carbons (Fsp3) is 0.892. The van der Waals surface area contributed by atoms with Crippen LogP contribution in [0.5, 0.6) is 0 Å². The van der Waals surface area contributed by atoms with Crippen molar-refractivity contribution in [3.63, 3.8) is 0 Å². The predicted octanol–water partition coefficient (Wildman–Crippen LogP) is 21.1. The molecule has 19 heteroatoms. The lowest BCUT2D eigenvalue weighted by molar-refractivity contribution is -0.161. The first-order valence-electron chi connectivity index (χ1n) is 37.8. The van der Waals surface area contributed by atoms with Crippen molar-refractivity contribution in [3.05, 3.63) is 24.3 Å². The summed E-state index contributed by atoms with van der Waals surface area (Å²) in [6.07, 6.45) is 54.9. The van der Waals surface area contributed by atoms with Crippen LogP contribution in [-0.4, -0.2) is 96.7 Å². The molecule has 0 heterocycles. The number of unbranched alkanes of at least 4 members (excludes halogenated alkanes) is 37. The number of ether oxygens (including phenoxy) is 4. The molecular weight excluding hydrogens is 1220 g/mol. The van der Waals surface area contributed by atoms with Crippen molar-refractivity contribution in [2.75, 3.05) is 39.6 Å². The predicted molar refractivity (Wildman–Crippen MR) is 377 cm³/mol. The normalized spacial score (nSPS) is 14.5. The van der Waals surface area contributed by atoms with E-state index in [9.17, 15) is 43.2 Å². The second kappa shape index (κ2) is 65.5. The molecule has 0 fully saturated rings. The highest BCUT2D eigenvalue weighted by Crippen LogP contribution is 2.45. The summed E-state index contributed by atoms with van der Waals surface area (Å²) in [5.74, 6) is -0.573. The molecule has 3 unspecified atom stereocenters. The largest absolute Gasteiger partial charge is 0.472 e. The Morgan fingerprint density at radius 2 is 0.634 bits per heavy atom. The summed E-state index contributed by atoms with van der Waals surface area (Å²) < 4.78 is 68.3. The quantitative estimate of drug-likeness (QED) is 0.0169. The Morgan fingerprint density at radius 1 is 0.355 bits per heavy atom. The Morgan fingerprint density at radius 3 is 0.968 bits per heavy atom. The number of hydrogen-bond donors (Lipinski definition) is 3. The number of carbonyl (C=O) groups excluding carboxylic acids is 4. The highest BCUT2D eigenvalue weighted by molar-refractivity contribution is 7.47. The lowest BCUT2D eigenvalue weighted by atomic mass is 9.99. The minimum atomic E-state index is -4.96. The van der Waals surface area contributed by atoms with Gasteiger partial charge in [-0.2, -0.15) is 0 Å². The van der Waals surface area contributed by atoms with E-state index in [1.165, 1.54) is 148 Å². The molecule has 0 saturated carbocycles. The van der Waals surface area contributed by atoms with Crippen LogP contribution in [0.25, 0.3) is 0 Å². The van der Waals surface area contributed by atoms with Gasteiger partial charge in [-0.3, -0.25) is 37.3 Å². The van der Waals surface area contributed by atoms with Crippen molar-refractivity contribution >= 4 is 39.5 Å². The number of esters is 4. The van der Waals surface area contributed by atoms with Gasteiger partial charge in [-0.1, -0.05) is 303 Å². The molecule has 0 radical (unpaired) electrons. The van der Waals surface area contributed by atoms with Gasteiger partial charge in [-0.25, -0.2) is 9.13 Å². The van der Waals surface area contributed by atoms with Crippen molar-refractivity contribution < 1.29 is 80.2 Å². The topological polar surface area (TPSA) is 237 Å². The maximum absolute atomic E-state index is 13.1. The Hall–Kier alpha value is -2.46. The van der Waals surface area contributed by atoms with Crippen molar-refractivity contribution in [1.82, 2.24) is 0 Å². The smallest absolute Gasteiger partial charge is 0.462 e. The van der Waals surface area contributed by atoms with E-state index in [0.717, 1.165) is 127 Å². The van der Waals surface area contributed by atoms with E-state index in [1.54, 1.807) is 0 Å². The molecule has 0 aliphatic heterocycles. The Kier molecular flexibility index (Phi) is 63.7. The molecule has 0 aromatic heterocycles. The minimum Gasteiger partial charge on any atom is -0.462 e. The van der Waals surface area contributed by atoms with Gasteiger partial charge in [-0.05, 0) is 63.2 Å². The molecule has 93 heavy (non-hydrogen) atoms. The van der Waals surface area contributed by atoms with E-state index in [4.69, 9.17) is 37.0 Å². The monoisotopic (exact) mass is 1360 g/mol. The zero-order valence-corrected chi connectivity index (χ0v) is 61.8. The summed E-state index contributed by atoms with van der Waals surface area (Å²) in [5, 5.41) is 10.6. The highest BCUT2D eigenvalue weighted by Gasteiger charge is 2.30. The fourth-order valence-electron chi connectivity index (χ4n) is 10.7. The van der Waals surface area contributed by atoms with Crippen LogP contribution in [0.3, 0.4) is 0 Å². The summed E-state index contributed by atoms with van der Waals surface area (Å²) in [5.41, 5.74) is 0. The number of allylic oxidation sites excluding steroid dienone is 4. The molecule has 0 aromatic rings. The molecule has 0 bridgehead atoms. The summed E-state index contributed by atoms with van der Waals surface area (Å²) in [6, 6.07) is 0. The van der Waals surface area contributed by atoms with Crippen LogP contribution in [0.2, 0.25) is 0 Å². The molecule has 0 aromatic carbocycles. The van der Waals surface area contributed by atoms with Crippen LogP contribution in [0.1, 0.15) is 356 Å². The molecule has 0 rings (SSSR count). The van der Waals surface area contributed by atoms with Gasteiger partial charge in [0.2, 0.25) is 0 Å². The van der Waals surface area contributed by atoms with E-state index < -0.39 is 97.5 Å². The van der Waals surface area contributed by atoms with E-state index in [0.29, 0.717) is 25.7 Å². The van der Waals surface area contributed by atoms with Gasteiger partial charge in [0.1, 0.15) is 19.3 Å². The van der Waals surface area contributed by atoms with Crippen LogP contribution in [-0.2, 0) is 65.4 Å². The summed E-state index contributed by atoms with van der Waals surface area (Å²) >= 11 is 0. The Labute approximate surface area is 567 Å². The second-order valence-electron chi connectivity index (χ2n) is 26.7. The third-order valence-electron chi connectivity index (χ3n) is 16.9.